The summed E-state index contributed by atoms with van der Waals surface area (Å²) in [5, 5.41) is 4.41. The van der Waals surface area contributed by atoms with Crippen LogP contribution in [0, 0.1) is 5.92 Å². The average molecular weight is 549 g/mol. The fourth-order valence-corrected chi connectivity index (χ4v) is 4.09. The van der Waals surface area contributed by atoms with Crippen LogP contribution >= 0.6 is 40.8 Å². The lowest BCUT2D eigenvalue weighted by atomic mass is 9.82. The summed E-state index contributed by atoms with van der Waals surface area (Å²) in [7, 11) is 0. The standard InChI is InChI=1S/C23H21BrN2O5S2/c24-15-8-6-14(7-9-15)12-31-23(33)21(29)16(11-18(28)32)19-20(22(30)26-19)25-17(27)10-13-4-2-1-3-5-13/h1-9,16,19-20H,10-12H2,(H,25,27)(H,26,30)(H,28,32)/t16?,19-,20-/m1/s1. The summed E-state index contributed by atoms with van der Waals surface area (Å²) in [6, 6.07) is 14.6. The number of ketones is 1. The molecular weight excluding hydrogens is 528 g/mol. The van der Waals surface area contributed by atoms with Crippen molar-refractivity contribution in [1.82, 2.24) is 10.6 Å². The van der Waals surface area contributed by atoms with E-state index in [4.69, 9.17) is 17.0 Å². The van der Waals surface area contributed by atoms with Gasteiger partial charge in [0.25, 0.3) is 0 Å². The molecular formula is C23H21BrN2O5S2. The maximum absolute atomic E-state index is 13.0. The molecule has 2 N–H and O–H groups in total. The molecule has 7 nitrogen and oxygen atoms in total. The molecule has 0 aromatic heterocycles. The molecule has 2 amide bonds. The highest BCUT2D eigenvalue weighted by atomic mass is 79.9. The molecule has 0 aliphatic carbocycles. The van der Waals surface area contributed by atoms with Gasteiger partial charge in [-0.3, -0.25) is 19.2 Å². The van der Waals surface area contributed by atoms with Gasteiger partial charge in [-0.05, 0) is 35.5 Å². The van der Waals surface area contributed by atoms with E-state index >= 15 is 0 Å². The van der Waals surface area contributed by atoms with Crippen LogP contribution in [0.1, 0.15) is 17.5 Å². The molecule has 1 heterocycles. The van der Waals surface area contributed by atoms with Gasteiger partial charge in [-0.1, -0.05) is 58.4 Å². The van der Waals surface area contributed by atoms with Gasteiger partial charge in [0.2, 0.25) is 22.6 Å². The lowest BCUT2D eigenvalue weighted by Crippen LogP contribution is -2.72. The van der Waals surface area contributed by atoms with Gasteiger partial charge < -0.3 is 15.4 Å². The van der Waals surface area contributed by atoms with Crippen molar-refractivity contribution < 1.29 is 23.9 Å². The number of carbonyl (C=O) groups is 4. The molecule has 33 heavy (non-hydrogen) atoms. The molecule has 1 saturated heterocycles. The number of β-lactam (4-membered cyclic amide) rings is 1. The van der Waals surface area contributed by atoms with E-state index in [2.05, 4.69) is 39.2 Å². The smallest absolute Gasteiger partial charge is 0.245 e. The Balaban J connectivity index is 1.64. The third kappa shape index (κ3) is 6.96. The molecule has 0 saturated carbocycles. The van der Waals surface area contributed by atoms with Crippen molar-refractivity contribution in [2.24, 2.45) is 5.92 Å². The van der Waals surface area contributed by atoms with Crippen LogP contribution in [-0.4, -0.2) is 39.8 Å². The van der Waals surface area contributed by atoms with E-state index < -0.39 is 34.8 Å². The molecule has 1 fully saturated rings. The van der Waals surface area contributed by atoms with Crippen molar-refractivity contribution in [1.29, 1.82) is 0 Å². The van der Waals surface area contributed by atoms with Crippen LogP contribution in [0.2, 0.25) is 0 Å². The Morgan fingerprint density at radius 3 is 2.36 bits per heavy atom. The zero-order valence-electron chi connectivity index (χ0n) is 17.3. The zero-order chi connectivity index (χ0) is 24.0. The Kier molecular flexibility index (Phi) is 8.76. The molecule has 3 rings (SSSR count). The summed E-state index contributed by atoms with van der Waals surface area (Å²) in [5.41, 5.74) is 1.59. The highest BCUT2D eigenvalue weighted by Crippen LogP contribution is 2.23. The quantitative estimate of drug-likeness (QED) is 0.239. The second kappa shape index (κ2) is 11.5. The minimum absolute atomic E-state index is 0.0770. The van der Waals surface area contributed by atoms with Gasteiger partial charge in [0, 0.05) is 10.9 Å². The Labute approximate surface area is 210 Å². The SMILES string of the molecule is O=C(S)CC(C(=O)C(=S)OCc1ccc(Br)cc1)[C@H]1NC(=O)[C@@H]1NC(=O)Cc1ccccc1. The molecule has 0 bridgehead atoms. The zero-order valence-corrected chi connectivity index (χ0v) is 20.6. The Morgan fingerprint density at radius 1 is 1.09 bits per heavy atom. The van der Waals surface area contributed by atoms with E-state index in [0.29, 0.717) is 0 Å². The van der Waals surface area contributed by atoms with E-state index in [1.54, 1.807) is 12.1 Å². The maximum Gasteiger partial charge on any atom is 0.245 e. The number of carbonyl (C=O) groups excluding carboxylic acids is 4. The summed E-state index contributed by atoms with van der Waals surface area (Å²) in [5.74, 6) is -2.42. The lowest BCUT2D eigenvalue weighted by Gasteiger charge is -2.41. The molecule has 1 unspecified atom stereocenters. The van der Waals surface area contributed by atoms with Gasteiger partial charge >= 0.3 is 0 Å². The normalized spacial score (nSPS) is 17.8. The molecule has 10 heteroatoms. The van der Waals surface area contributed by atoms with Crippen molar-refractivity contribution in [3.63, 3.8) is 0 Å². The van der Waals surface area contributed by atoms with Crippen molar-refractivity contribution in [3.05, 3.63) is 70.2 Å². The molecule has 3 atom stereocenters. The van der Waals surface area contributed by atoms with Gasteiger partial charge in [-0.15, -0.1) is 12.6 Å². The molecule has 0 spiro atoms. The number of benzene rings is 2. The van der Waals surface area contributed by atoms with Crippen molar-refractivity contribution in [2.75, 3.05) is 0 Å². The molecule has 1 aliphatic rings. The molecule has 2 aromatic rings. The van der Waals surface area contributed by atoms with Gasteiger partial charge in [-0.2, -0.15) is 0 Å². The number of halogens is 1. The summed E-state index contributed by atoms with van der Waals surface area (Å²) in [6.45, 7) is 0.0770. The predicted molar refractivity (Wildman–Crippen MR) is 133 cm³/mol. The van der Waals surface area contributed by atoms with Crippen LogP contribution in [0.3, 0.4) is 0 Å². The predicted octanol–water partition coefficient (Wildman–Crippen LogP) is 2.55. The number of thiol groups is 1. The largest absolute Gasteiger partial charge is 0.476 e. The van der Waals surface area contributed by atoms with Crippen molar-refractivity contribution in [3.8, 4) is 0 Å². The molecule has 172 valence electrons. The Morgan fingerprint density at radius 2 is 1.76 bits per heavy atom. The number of thiocarbonyl (C=S) groups is 1. The highest BCUT2D eigenvalue weighted by Gasteiger charge is 2.48. The number of hydrogen-bond donors (Lipinski definition) is 3. The Bertz CT molecular complexity index is 1060. The number of hydrogen-bond acceptors (Lipinski definition) is 6. The van der Waals surface area contributed by atoms with Crippen LogP contribution in [0.25, 0.3) is 0 Å². The van der Waals surface area contributed by atoms with E-state index in [-0.39, 0.29) is 30.4 Å². The topological polar surface area (TPSA) is 102 Å². The number of ether oxygens (including phenoxy) is 1. The van der Waals surface area contributed by atoms with E-state index in [9.17, 15) is 19.2 Å². The van der Waals surface area contributed by atoms with Crippen LogP contribution in [0.4, 0.5) is 0 Å². The maximum atomic E-state index is 13.0. The Hall–Kier alpha value is -2.56. The number of rotatable bonds is 10. The third-order valence-electron chi connectivity index (χ3n) is 5.12. The number of amides is 2. The molecule has 2 aromatic carbocycles. The summed E-state index contributed by atoms with van der Waals surface area (Å²) < 4.78 is 6.36. The summed E-state index contributed by atoms with van der Waals surface area (Å²) in [6.07, 6.45) is -0.185. The first-order chi connectivity index (χ1) is 15.7. The first-order valence-electron chi connectivity index (χ1n) is 10.1. The summed E-state index contributed by atoms with van der Waals surface area (Å²) in [4.78, 5) is 49.3. The van der Waals surface area contributed by atoms with Gasteiger partial charge in [0.05, 0.1) is 18.4 Å². The van der Waals surface area contributed by atoms with Gasteiger partial charge in [0.15, 0.2) is 5.12 Å². The summed E-state index contributed by atoms with van der Waals surface area (Å²) >= 11 is 12.3. The van der Waals surface area contributed by atoms with E-state index in [1.807, 2.05) is 42.5 Å². The second-order valence-electron chi connectivity index (χ2n) is 7.51. The van der Waals surface area contributed by atoms with Crippen molar-refractivity contribution >= 4 is 68.5 Å². The number of Topliss-reactive ketones (excluding diaryl/α,β-unsaturated/α-hetero) is 1. The fraction of sp³-hybridized carbons (Fsp3) is 0.261. The minimum atomic E-state index is -1.01. The minimum Gasteiger partial charge on any atom is -0.476 e. The van der Waals surface area contributed by atoms with Crippen LogP contribution in [0.15, 0.2) is 59.1 Å². The average Bonchev–Trinajstić information content (AvgIpc) is 2.79. The highest BCUT2D eigenvalue weighted by molar-refractivity contribution is 9.10. The van der Waals surface area contributed by atoms with Crippen LogP contribution in [-0.2, 0) is 36.9 Å². The number of nitrogens with one attached hydrogen (secondary N) is 2. The van der Waals surface area contributed by atoms with Crippen LogP contribution < -0.4 is 10.6 Å². The van der Waals surface area contributed by atoms with E-state index in [0.717, 1.165) is 15.6 Å². The third-order valence-corrected chi connectivity index (χ3v) is 6.15. The van der Waals surface area contributed by atoms with Gasteiger partial charge in [0.1, 0.15) is 12.6 Å². The fourth-order valence-electron chi connectivity index (χ4n) is 3.42. The lowest BCUT2D eigenvalue weighted by molar-refractivity contribution is -0.140. The second-order valence-corrected chi connectivity index (χ2v) is 9.30. The molecule has 1 aliphatic heterocycles. The van der Waals surface area contributed by atoms with Crippen molar-refractivity contribution in [2.45, 2.75) is 31.5 Å². The van der Waals surface area contributed by atoms with Gasteiger partial charge in [-0.25, -0.2) is 0 Å². The van der Waals surface area contributed by atoms with Crippen LogP contribution in [0.5, 0.6) is 0 Å². The molecule has 0 radical (unpaired) electrons. The first kappa shape index (κ1) is 25.1. The first-order valence-corrected chi connectivity index (χ1v) is 11.7. The monoisotopic (exact) mass is 548 g/mol. The van der Waals surface area contributed by atoms with E-state index in [1.165, 1.54) is 0 Å².